The van der Waals surface area contributed by atoms with Crippen LogP contribution in [0.4, 0.5) is 0 Å². The van der Waals surface area contributed by atoms with Gasteiger partial charge < -0.3 is 4.90 Å². The third-order valence-electron chi connectivity index (χ3n) is 2.19. The van der Waals surface area contributed by atoms with Crippen LogP contribution in [0, 0.1) is 0 Å². The minimum Gasteiger partial charge on any atom is -0.344 e. The van der Waals surface area contributed by atoms with E-state index in [1.54, 1.807) is 4.90 Å². The van der Waals surface area contributed by atoms with Gasteiger partial charge in [-0.1, -0.05) is 6.92 Å². The van der Waals surface area contributed by atoms with E-state index in [0.29, 0.717) is 0 Å². The Morgan fingerprint density at radius 2 is 2.23 bits per heavy atom. The number of likely N-dealkylation sites (N-methyl/N-ethyl adjacent to an activating group) is 1. The van der Waals surface area contributed by atoms with Crippen molar-refractivity contribution in [3.63, 3.8) is 0 Å². The fourth-order valence-electron chi connectivity index (χ4n) is 1.46. The number of hydrogen-bond donors (Lipinski definition) is 0. The lowest BCUT2D eigenvalue weighted by atomic mass is 10.1. The lowest BCUT2D eigenvalue weighted by Gasteiger charge is -2.18. The number of carbonyl (C=O) groups is 1. The van der Waals surface area contributed by atoms with Crippen molar-refractivity contribution in [3.8, 4) is 0 Å². The molecular weight excluding hydrogens is 166 g/mol. The van der Waals surface area contributed by atoms with Crippen molar-refractivity contribution in [2.24, 2.45) is 10.2 Å². The molecule has 1 amide bonds. The van der Waals surface area contributed by atoms with Crippen LogP contribution in [0.5, 0.6) is 0 Å². The minimum absolute atomic E-state index is 0.106. The molecule has 2 unspecified atom stereocenters. The highest BCUT2D eigenvalue weighted by Gasteiger charge is 2.27. The zero-order valence-corrected chi connectivity index (χ0v) is 8.53. The van der Waals surface area contributed by atoms with E-state index in [1.165, 1.54) is 0 Å². The molecule has 0 spiro atoms. The molecule has 0 saturated heterocycles. The minimum atomic E-state index is -0.216. The van der Waals surface area contributed by atoms with E-state index in [9.17, 15) is 4.79 Å². The first kappa shape index (κ1) is 10.2. The molecule has 0 radical (unpaired) electrons. The molecule has 13 heavy (non-hydrogen) atoms. The van der Waals surface area contributed by atoms with E-state index in [2.05, 4.69) is 17.2 Å². The molecule has 0 bridgehead atoms. The molecule has 0 saturated carbocycles. The SMILES string of the molecule is CCCN(C)C(=O)C1CC(C)N=N1. The Morgan fingerprint density at radius 3 is 2.69 bits per heavy atom. The van der Waals surface area contributed by atoms with Gasteiger partial charge in [-0.2, -0.15) is 10.2 Å². The Morgan fingerprint density at radius 1 is 1.54 bits per heavy atom. The van der Waals surface area contributed by atoms with Crippen LogP contribution in [-0.2, 0) is 4.79 Å². The van der Waals surface area contributed by atoms with Gasteiger partial charge in [-0.15, -0.1) is 0 Å². The number of amides is 1. The summed E-state index contributed by atoms with van der Waals surface area (Å²) in [4.78, 5) is 13.4. The summed E-state index contributed by atoms with van der Waals surface area (Å²) in [6.45, 7) is 4.85. The van der Waals surface area contributed by atoms with Crippen molar-refractivity contribution in [2.45, 2.75) is 38.8 Å². The summed E-state index contributed by atoms with van der Waals surface area (Å²) in [5, 5.41) is 7.91. The number of nitrogens with zero attached hydrogens (tertiary/aromatic N) is 3. The molecule has 4 nitrogen and oxygen atoms in total. The third kappa shape index (κ3) is 2.50. The van der Waals surface area contributed by atoms with Gasteiger partial charge in [0.25, 0.3) is 0 Å². The van der Waals surface area contributed by atoms with Crippen molar-refractivity contribution >= 4 is 5.91 Å². The number of hydrogen-bond acceptors (Lipinski definition) is 3. The Balaban J connectivity index is 2.44. The fraction of sp³-hybridized carbons (Fsp3) is 0.889. The summed E-state index contributed by atoms with van der Waals surface area (Å²) in [5.41, 5.74) is 0. The molecule has 0 aromatic carbocycles. The zero-order valence-electron chi connectivity index (χ0n) is 8.53. The van der Waals surface area contributed by atoms with Gasteiger partial charge in [-0.3, -0.25) is 4.79 Å². The molecule has 0 aromatic rings. The number of carbonyl (C=O) groups excluding carboxylic acids is 1. The predicted molar refractivity (Wildman–Crippen MR) is 50.7 cm³/mol. The van der Waals surface area contributed by atoms with E-state index < -0.39 is 0 Å². The van der Waals surface area contributed by atoms with E-state index in [0.717, 1.165) is 19.4 Å². The standard InChI is InChI=1S/C9H17N3O/c1-4-5-12(3)9(13)8-6-7(2)10-11-8/h7-8H,4-6H2,1-3H3. The number of rotatable bonds is 3. The van der Waals surface area contributed by atoms with Gasteiger partial charge in [-0.05, 0) is 13.3 Å². The molecule has 1 rings (SSSR count). The number of azo groups is 1. The molecule has 0 fully saturated rings. The summed E-state index contributed by atoms with van der Waals surface area (Å²) in [6, 6.07) is -0.00414. The normalized spacial score (nSPS) is 26.4. The maximum Gasteiger partial charge on any atom is 0.249 e. The fourth-order valence-corrected chi connectivity index (χ4v) is 1.46. The van der Waals surface area contributed by atoms with Gasteiger partial charge in [0.05, 0.1) is 6.04 Å². The first-order chi connectivity index (χ1) is 6.15. The Kier molecular flexibility index (Phi) is 3.39. The van der Waals surface area contributed by atoms with Crippen molar-refractivity contribution < 1.29 is 4.79 Å². The van der Waals surface area contributed by atoms with Gasteiger partial charge in [0.2, 0.25) is 5.91 Å². The molecule has 74 valence electrons. The average Bonchev–Trinajstić information content (AvgIpc) is 2.51. The predicted octanol–water partition coefficient (Wildman–Crippen LogP) is 1.47. The second-order valence-corrected chi connectivity index (χ2v) is 3.59. The zero-order chi connectivity index (χ0) is 9.84. The highest BCUT2D eigenvalue weighted by Crippen LogP contribution is 2.16. The van der Waals surface area contributed by atoms with Crippen LogP contribution in [0.3, 0.4) is 0 Å². The lowest BCUT2D eigenvalue weighted by molar-refractivity contribution is -0.131. The molecule has 1 aliphatic heterocycles. The maximum atomic E-state index is 11.7. The third-order valence-corrected chi connectivity index (χ3v) is 2.19. The van der Waals surface area contributed by atoms with Crippen molar-refractivity contribution in [1.29, 1.82) is 0 Å². The van der Waals surface area contributed by atoms with E-state index in [1.807, 2.05) is 14.0 Å². The highest BCUT2D eigenvalue weighted by molar-refractivity contribution is 5.82. The molecule has 1 heterocycles. The molecule has 2 atom stereocenters. The first-order valence-electron chi connectivity index (χ1n) is 4.80. The summed E-state index contributed by atoms with van der Waals surface area (Å²) >= 11 is 0. The van der Waals surface area contributed by atoms with Crippen LogP contribution in [0.25, 0.3) is 0 Å². The van der Waals surface area contributed by atoms with E-state index in [4.69, 9.17) is 0 Å². The second-order valence-electron chi connectivity index (χ2n) is 3.59. The molecule has 0 N–H and O–H groups in total. The van der Waals surface area contributed by atoms with Gasteiger partial charge in [-0.25, -0.2) is 0 Å². The van der Waals surface area contributed by atoms with E-state index >= 15 is 0 Å². The topological polar surface area (TPSA) is 45.0 Å². The Labute approximate surface area is 79.0 Å². The van der Waals surface area contributed by atoms with Gasteiger partial charge in [0, 0.05) is 20.0 Å². The van der Waals surface area contributed by atoms with Crippen molar-refractivity contribution in [2.75, 3.05) is 13.6 Å². The van der Waals surface area contributed by atoms with Crippen LogP contribution in [-0.4, -0.2) is 36.5 Å². The molecule has 4 heteroatoms. The van der Waals surface area contributed by atoms with Crippen LogP contribution < -0.4 is 0 Å². The summed E-state index contributed by atoms with van der Waals surface area (Å²) < 4.78 is 0. The smallest absolute Gasteiger partial charge is 0.249 e. The average molecular weight is 183 g/mol. The summed E-state index contributed by atoms with van der Waals surface area (Å²) in [6.07, 6.45) is 1.76. The lowest BCUT2D eigenvalue weighted by Crippen LogP contribution is -2.35. The first-order valence-corrected chi connectivity index (χ1v) is 4.80. The monoisotopic (exact) mass is 183 g/mol. The molecule has 0 aliphatic carbocycles. The maximum absolute atomic E-state index is 11.7. The Hall–Kier alpha value is -0.930. The second kappa shape index (κ2) is 4.35. The summed E-state index contributed by atoms with van der Waals surface area (Å²) in [5.74, 6) is 0.106. The van der Waals surface area contributed by atoms with Gasteiger partial charge in [0.1, 0.15) is 0 Å². The highest BCUT2D eigenvalue weighted by atomic mass is 16.2. The quantitative estimate of drug-likeness (QED) is 0.653. The van der Waals surface area contributed by atoms with Crippen LogP contribution in [0.2, 0.25) is 0 Å². The molecular formula is C9H17N3O. The van der Waals surface area contributed by atoms with Crippen LogP contribution >= 0.6 is 0 Å². The van der Waals surface area contributed by atoms with Gasteiger partial charge >= 0.3 is 0 Å². The van der Waals surface area contributed by atoms with E-state index in [-0.39, 0.29) is 18.0 Å². The van der Waals surface area contributed by atoms with Crippen molar-refractivity contribution in [3.05, 3.63) is 0 Å². The summed E-state index contributed by atoms with van der Waals surface area (Å²) in [7, 11) is 1.82. The van der Waals surface area contributed by atoms with Crippen molar-refractivity contribution in [1.82, 2.24) is 4.90 Å². The van der Waals surface area contributed by atoms with Gasteiger partial charge in [0.15, 0.2) is 6.04 Å². The van der Waals surface area contributed by atoms with Crippen LogP contribution in [0.15, 0.2) is 10.2 Å². The molecule has 1 aliphatic rings. The van der Waals surface area contributed by atoms with Crippen LogP contribution in [0.1, 0.15) is 26.7 Å². The largest absolute Gasteiger partial charge is 0.344 e. The molecule has 0 aromatic heterocycles. The Bertz CT molecular complexity index is 215.